The molecule has 1 aromatic carbocycles. The van der Waals surface area contributed by atoms with Gasteiger partial charge in [-0.3, -0.25) is 4.79 Å². The molecule has 3 atom stereocenters. The van der Waals surface area contributed by atoms with Gasteiger partial charge in [-0.15, -0.1) is 0 Å². The van der Waals surface area contributed by atoms with Crippen molar-refractivity contribution in [2.45, 2.75) is 46.3 Å². The summed E-state index contributed by atoms with van der Waals surface area (Å²) in [7, 11) is 0. The summed E-state index contributed by atoms with van der Waals surface area (Å²) < 4.78 is 42.4. The van der Waals surface area contributed by atoms with Crippen LogP contribution in [0.5, 0.6) is 0 Å². The zero-order valence-electron chi connectivity index (χ0n) is 17.8. The van der Waals surface area contributed by atoms with Crippen LogP contribution in [-0.2, 0) is 6.18 Å². The number of nitrogens with zero attached hydrogens (tertiary/aromatic N) is 3. The highest BCUT2D eigenvalue weighted by molar-refractivity contribution is 5.95. The van der Waals surface area contributed by atoms with Gasteiger partial charge in [0.1, 0.15) is 0 Å². The number of piperidine rings is 1. The van der Waals surface area contributed by atoms with Gasteiger partial charge in [-0.2, -0.15) is 18.3 Å². The minimum atomic E-state index is -4.72. The van der Waals surface area contributed by atoms with Crippen molar-refractivity contribution in [2.24, 2.45) is 11.8 Å². The van der Waals surface area contributed by atoms with Crippen molar-refractivity contribution in [3.63, 3.8) is 0 Å². The van der Waals surface area contributed by atoms with E-state index in [2.05, 4.69) is 29.2 Å². The van der Waals surface area contributed by atoms with Gasteiger partial charge in [0, 0.05) is 25.7 Å². The van der Waals surface area contributed by atoms with Crippen LogP contribution in [0.3, 0.4) is 0 Å². The fourth-order valence-electron chi connectivity index (χ4n) is 4.45. The van der Waals surface area contributed by atoms with Gasteiger partial charge in [-0.1, -0.05) is 32.0 Å². The number of halogens is 3. The lowest BCUT2D eigenvalue weighted by molar-refractivity contribution is -0.143. The van der Waals surface area contributed by atoms with Crippen LogP contribution in [0.25, 0.3) is 5.69 Å². The number of aromatic nitrogens is 2. The number of para-hydroxylation sites is 1. The number of carbonyl (C=O) groups excluding carboxylic acids is 1. The van der Waals surface area contributed by atoms with Crippen LogP contribution in [0, 0.1) is 18.8 Å². The fourth-order valence-corrected chi connectivity index (χ4v) is 4.45. The van der Waals surface area contributed by atoms with Gasteiger partial charge in [0.2, 0.25) is 0 Å². The molecule has 2 heterocycles. The van der Waals surface area contributed by atoms with Crippen LogP contribution < -0.4 is 5.32 Å². The maximum absolute atomic E-state index is 13.9. The Balaban J connectivity index is 1.80. The monoisotopic (exact) mass is 422 g/mol. The minimum absolute atomic E-state index is 0.280. The van der Waals surface area contributed by atoms with E-state index in [1.165, 1.54) is 6.42 Å². The highest BCUT2D eigenvalue weighted by atomic mass is 19.4. The molecule has 3 rings (SSSR count). The Kier molecular flexibility index (Phi) is 6.55. The minimum Gasteiger partial charge on any atom is -0.348 e. The number of hydrogen-bond donors (Lipinski definition) is 1. The summed E-state index contributed by atoms with van der Waals surface area (Å²) in [6.45, 7) is 10.4. The zero-order chi connectivity index (χ0) is 22.1. The molecule has 1 saturated heterocycles. The van der Waals surface area contributed by atoms with Crippen LogP contribution in [-0.4, -0.2) is 46.3 Å². The third-order valence-electron chi connectivity index (χ3n) is 5.48. The summed E-state index contributed by atoms with van der Waals surface area (Å²) in [5.74, 6) is 0.384. The predicted molar refractivity (Wildman–Crippen MR) is 110 cm³/mol. The second kappa shape index (κ2) is 8.79. The van der Waals surface area contributed by atoms with E-state index >= 15 is 0 Å². The van der Waals surface area contributed by atoms with E-state index in [0.717, 1.165) is 24.0 Å². The van der Waals surface area contributed by atoms with Crippen LogP contribution in [0.1, 0.15) is 48.8 Å². The van der Waals surface area contributed by atoms with Crippen molar-refractivity contribution >= 4 is 5.91 Å². The smallest absolute Gasteiger partial charge is 0.348 e. The maximum atomic E-state index is 13.9. The quantitative estimate of drug-likeness (QED) is 0.782. The molecule has 1 fully saturated rings. The first-order valence-corrected chi connectivity index (χ1v) is 10.3. The van der Waals surface area contributed by atoms with E-state index in [-0.39, 0.29) is 6.04 Å². The van der Waals surface area contributed by atoms with E-state index in [0.29, 0.717) is 29.6 Å². The summed E-state index contributed by atoms with van der Waals surface area (Å²) in [5, 5.41) is 6.63. The van der Waals surface area contributed by atoms with Crippen molar-refractivity contribution in [3.8, 4) is 5.69 Å². The first-order valence-electron chi connectivity index (χ1n) is 10.3. The van der Waals surface area contributed by atoms with E-state index < -0.39 is 23.3 Å². The average molecular weight is 422 g/mol. The van der Waals surface area contributed by atoms with E-state index in [4.69, 9.17) is 0 Å². The maximum Gasteiger partial charge on any atom is 0.434 e. The molecule has 1 aliphatic heterocycles. The van der Waals surface area contributed by atoms with Gasteiger partial charge < -0.3 is 10.2 Å². The van der Waals surface area contributed by atoms with Crippen LogP contribution in [0.4, 0.5) is 13.2 Å². The molecular weight excluding hydrogens is 393 g/mol. The zero-order valence-corrected chi connectivity index (χ0v) is 17.8. The summed E-state index contributed by atoms with van der Waals surface area (Å²) in [6, 6.07) is 6.37. The number of amides is 1. The van der Waals surface area contributed by atoms with Gasteiger partial charge in [0.05, 0.1) is 17.4 Å². The summed E-state index contributed by atoms with van der Waals surface area (Å²) in [4.78, 5) is 15.0. The lowest BCUT2D eigenvalue weighted by Crippen LogP contribution is -2.47. The number of likely N-dealkylation sites (tertiary alicyclic amines) is 1. The molecule has 0 bridgehead atoms. The molecule has 1 aliphatic rings. The standard InChI is InChI=1S/C22H29F3N4O/c1-14-9-15(2)12-28(11-14)13-17(4)27-21(30)18-10-26-29(20(18)22(23,24)25)19-8-6-5-7-16(19)3/h5-8,10,14-15,17H,9,11-13H2,1-4H3,(H,27,30). The normalized spacial score (nSPS) is 21.4. The predicted octanol–water partition coefficient (Wildman–Crippen LogP) is 4.30. The Morgan fingerprint density at radius 2 is 1.87 bits per heavy atom. The molecule has 1 N–H and O–H groups in total. The number of hydrogen-bond acceptors (Lipinski definition) is 3. The van der Waals surface area contributed by atoms with Crippen molar-refractivity contribution < 1.29 is 18.0 Å². The SMILES string of the molecule is Cc1ccccc1-n1ncc(C(=O)NC(C)CN2CC(C)CC(C)C2)c1C(F)(F)F. The molecule has 0 spiro atoms. The molecule has 0 radical (unpaired) electrons. The molecule has 30 heavy (non-hydrogen) atoms. The van der Waals surface area contributed by atoms with Gasteiger partial charge in [0.25, 0.3) is 5.91 Å². The average Bonchev–Trinajstić information content (AvgIpc) is 3.06. The second-order valence-corrected chi connectivity index (χ2v) is 8.64. The molecule has 0 saturated carbocycles. The number of nitrogens with one attached hydrogen (secondary N) is 1. The van der Waals surface area contributed by atoms with E-state index in [1.807, 2.05) is 6.92 Å². The molecule has 0 aliphatic carbocycles. The highest BCUT2D eigenvalue weighted by Crippen LogP contribution is 2.34. The van der Waals surface area contributed by atoms with Crippen molar-refractivity contribution in [1.82, 2.24) is 20.0 Å². The fraction of sp³-hybridized carbons (Fsp3) is 0.545. The van der Waals surface area contributed by atoms with Crippen molar-refractivity contribution in [1.29, 1.82) is 0 Å². The Hall–Kier alpha value is -2.35. The molecule has 1 aromatic heterocycles. The first-order chi connectivity index (χ1) is 14.1. The molecule has 3 unspecified atom stereocenters. The Morgan fingerprint density at radius 1 is 1.23 bits per heavy atom. The van der Waals surface area contributed by atoms with E-state index in [1.54, 1.807) is 31.2 Å². The van der Waals surface area contributed by atoms with Crippen molar-refractivity contribution in [2.75, 3.05) is 19.6 Å². The Morgan fingerprint density at radius 3 is 2.47 bits per heavy atom. The highest BCUT2D eigenvalue weighted by Gasteiger charge is 2.41. The van der Waals surface area contributed by atoms with Gasteiger partial charge >= 0.3 is 6.18 Å². The van der Waals surface area contributed by atoms with Crippen LogP contribution in [0.15, 0.2) is 30.5 Å². The molecule has 8 heteroatoms. The summed E-state index contributed by atoms with van der Waals surface area (Å²) >= 11 is 0. The third kappa shape index (κ3) is 5.03. The number of aryl methyl sites for hydroxylation is 1. The summed E-state index contributed by atoms with van der Waals surface area (Å²) in [6.07, 6.45) is -2.54. The molecule has 5 nitrogen and oxygen atoms in total. The molecule has 2 aromatic rings. The second-order valence-electron chi connectivity index (χ2n) is 8.64. The Labute approximate surface area is 175 Å². The van der Waals surface area contributed by atoms with Crippen LogP contribution >= 0.6 is 0 Å². The summed E-state index contributed by atoms with van der Waals surface area (Å²) in [5.41, 5.74) is -0.576. The van der Waals surface area contributed by atoms with Crippen LogP contribution in [0.2, 0.25) is 0 Å². The lowest BCUT2D eigenvalue weighted by atomic mass is 9.92. The Bertz CT molecular complexity index is 883. The number of benzene rings is 1. The number of alkyl halides is 3. The number of carbonyl (C=O) groups is 1. The first kappa shape index (κ1) is 22.3. The topological polar surface area (TPSA) is 50.2 Å². The van der Waals surface area contributed by atoms with E-state index in [9.17, 15) is 18.0 Å². The van der Waals surface area contributed by atoms with Gasteiger partial charge in [-0.05, 0) is 43.7 Å². The molecule has 164 valence electrons. The molecular formula is C22H29F3N4O. The molecule has 1 amide bonds. The largest absolute Gasteiger partial charge is 0.434 e. The van der Waals surface area contributed by atoms with Gasteiger partial charge in [0.15, 0.2) is 5.69 Å². The lowest BCUT2D eigenvalue weighted by Gasteiger charge is -2.36. The van der Waals surface area contributed by atoms with Gasteiger partial charge in [-0.25, -0.2) is 4.68 Å². The third-order valence-corrected chi connectivity index (χ3v) is 5.48. The van der Waals surface area contributed by atoms with Crippen molar-refractivity contribution in [3.05, 3.63) is 47.3 Å². The number of rotatable bonds is 5.